The van der Waals surface area contributed by atoms with E-state index in [-0.39, 0.29) is 17.7 Å². The van der Waals surface area contributed by atoms with Crippen molar-refractivity contribution in [1.82, 2.24) is 10.2 Å². The van der Waals surface area contributed by atoms with Crippen molar-refractivity contribution in [2.24, 2.45) is 0 Å². The van der Waals surface area contributed by atoms with Crippen LogP contribution in [0.4, 0.5) is 22.7 Å². The van der Waals surface area contributed by atoms with E-state index in [0.29, 0.717) is 42.7 Å². The van der Waals surface area contributed by atoms with Gasteiger partial charge in [0.05, 0.1) is 11.4 Å². The van der Waals surface area contributed by atoms with E-state index in [1.165, 1.54) is 11.3 Å². The molecule has 0 aliphatic carbocycles. The number of amides is 3. The molecule has 0 spiro atoms. The number of nitrogens with zero attached hydrogens (tertiary/aromatic N) is 3. The van der Waals surface area contributed by atoms with E-state index >= 15 is 0 Å². The number of anilines is 4. The average molecular weight is 569 g/mol. The average Bonchev–Trinajstić information content (AvgIpc) is 3.43. The zero-order valence-corrected chi connectivity index (χ0v) is 24.5. The van der Waals surface area contributed by atoms with Gasteiger partial charge in [-0.25, -0.2) is 0 Å². The molecule has 9 heteroatoms. The van der Waals surface area contributed by atoms with E-state index in [1.807, 2.05) is 36.2 Å². The molecule has 42 heavy (non-hydrogen) atoms. The zero-order valence-electron chi connectivity index (χ0n) is 24.5. The smallest absolute Gasteiger partial charge is 0.255 e. The van der Waals surface area contributed by atoms with Gasteiger partial charge in [0.1, 0.15) is 0 Å². The molecule has 0 radical (unpaired) electrons. The topological polar surface area (TPSA) is 97.0 Å². The van der Waals surface area contributed by atoms with E-state index in [1.54, 1.807) is 18.2 Å². The summed E-state index contributed by atoms with van der Waals surface area (Å²) in [5, 5.41) is 9.13. The first-order valence-electron chi connectivity index (χ1n) is 14.8. The molecule has 3 amide bonds. The van der Waals surface area contributed by atoms with Crippen LogP contribution in [-0.2, 0) is 4.79 Å². The maximum atomic E-state index is 13.3. The van der Waals surface area contributed by atoms with E-state index < -0.39 is 0 Å². The summed E-state index contributed by atoms with van der Waals surface area (Å²) in [6.07, 6.45) is 2.23. The van der Waals surface area contributed by atoms with Gasteiger partial charge in [-0.05, 0) is 67.8 Å². The fourth-order valence-corrected chi connectivity index (χ4v) is 5.68. The molecule has 9 nitrogen and oxygen atoms in total. The summed E-state index contributed by atoms with van der Waals surface area (Å²) in [4.78, 5) is 44.8. The minimum atomic E-state index is -0.236. The van der Waals surface area contributed by atoms with Gasteiger partial charge in [-0.2, -0.15) is 0 Å². The SMILES string of the molecule is CNc1cccc(C(=O)Nc2cc(C(=O)NCCCN3CCCC3=O)ccc2N2CCN(c3ccccc3C)CC2)c1. The molecule has 0 aromatic heterocycles. The van der Waals surface area contributed by atoms with Crippen molar-refractivity contribution in [2.45, 2.75) is 26.2 Å². The molecule has 2 fully saturated rings. The Bertz CT molecular complexity index is 1430. The lowest BCUT2D eigenvalue weighted by atomic mass is 10.1. The third kappa shape index (κ3) is 6.84. The number of benzene rings is 3. The summed E-state index contributed by atoms with van der Waals surface area (Å²) in [5.41, 5.74) is 5.86. The molecule has 0 bridgehead atoms. The van der Waals surface area contributed by atoms with Gasteiger partial charge in [0, 0.05) is 81.8 Å². The molecule has 3 aromatic rings. The predicted octanol–water partition coefficient (Wildman–Crippen LogP) is 4.36. The maximum Gasteiger partial charge on any atom is 0.255 e. The van der Waals surface area contributed by atoms with Gasteiger partial charge in [0.15, 0.2) is 0 Å². The highest BCUT2D eigenvalue weighted by Crippen LogP contribution is 2.30. The fourth-order valence-electron chi connectivity index (χ4n) is 5.68. The second-order valence-corrected chi connectivity index (χ2v) is 10.9. The minimum absolute atomic E-state index is 0.192. The number of likely N-dealkylation sites (tertiary alicyclic amines) is 1. The lowest BCUT2D eigenvalue weighted by molar-refractivity contribution is -0.127. The Kier molecular flexibility index (Phi) is 9.26. The Balaban J connectivity index is 1.30. The van der Waals surface area contributed by atoms with Crippen LogP contribution in [0, 0.1) is 6.92 Å². The van der Waals surface area contributed by atoms with Crippen LogP contribution >= 0.6 is 0 Å². The summed E-state index contributed by atoms with van der Waals surface area (Å²) in [6.45, 7) is 7.33. The third-order valence-corrected chi connectivity index (χ3v) is 8.06. The van der Waals surface area contributed by atoms with E-state index in [9.17, 15) is 14.4 Å². The number of carbonyl (C=O) groups excluding carboxylic acids is 3. The van der Waals surface area contributed by atoms with Crippen LogP contribution in [0.3, 0.4) is 0 Å². The highest BCUT2D eigenvalue weighted by atomic mass is 16.2. The molecule has 0 atom stereocenters. The third-order valence-electron chi connectivity index (χ3n) is 8.06. The van der Waals surface area contributed by atoms with Crippen molar-refractivity contribution in [3.63, 3.8) is 0 Å². The van der Waals surface area contributed by atoms with Crippen molar-refractivity contribution in [1.29, 1.82) is 0 Å². The van der Waals surface area contributed by atoms with Gasteiger partial charge in [-0.15, -0.1) is 0 Å². The number of hydrogen-bond donors (Lipinski definition) is 3. The van der Waals surface area contributed by atoms with Gasteiger partial charge in [-0.1, -0.05) is 24.3 Å². The number of aryl methyl sites for hydroxylation is 1. The van der Waals surface area contributed by atoms with Crippen LogP contribution in [0.5, 0.6) is 0 Å². The lowest BCUT2D eigenvalue weighted by Gasteiger charge is -2.38. The van der Waals surface area contributed by atoms with Crippen LogP contribution in [0.25, 0.3) is 0 Å². The lowest BCUT2D eigenvalue weighted by Crippen LogP contribution is -2.47. The monoisotopic (exact) mass is 568 g/mol. The van der Waals surface area contributed by atoms with Crippen molar-refractivity contribution >= 4 is 40.5 Å². The largest absolute Gasteiger partial charge is 0.388 e. The minimum Gasteiger partial charge on any atom is -0.388 e. The van der Waals surface area contributed by atoms with Gasteiger partial charge in [0.25, 0.3) is 11.8 Å². The summed E-state index contributed by atoms with van der Waals surface area (Å²) in [7, 11) is 1.82. The van der Waals surface area contributed by atoms with Crippen LogP contribution in [0.15, 0.2) is 66.7 Å². The van der Waals surface area contributed by atoms with Crippen LogP contribution < -0.4 is 25.8 Å². The molecular formula is C33H40N6O3. The molecule has 3 N–H and O–H groups in total. The molecule has 3 aromatic carbocycles. The van der Waals surface area contributed by atoms with E-state index in [0.717, 1.165) is 50.5 Å². The Morgan fingerprint density at radius 3 is 2.26 bits per heavy atom. The molecule has 2 heterocycles. The molecule has 220 valence electrons. The predicted molar refractivity (Wildman–Crippen MR) is 169 cm³/mol. The first-order valence-corrected chi connectivity index (χ1v) is 14.8. The Labute approximate surface area is 247 Å². The van der Waals surface area contributed by atoms with Crippen molar-refractivity contribution in [3.05, 3.63) is 83.4 Å². The normalized spacial score (nSPS) is 15.1. The highest BCUT2D eigenvalue weighted by molar-refractivity contribution is 6.07. The summed E-state index contributed by atoms with van der Waals surface area (Å²) in [6, 6.07) is 21.3. The fraction of sp³-hybridized carbons (Fsp3) is 0.364. The van der Waals surface area contributed by atoms with Crippen molar-refractivity contribution in [2.75, 3.05) is 73.3 Å². The number of carbonyl (C=O) groups is 3. The quantitative estimate of drug-likeness (QED) is 0.315. The number of piperazine rings is 1. The zero-order chi connectivity index (χ0) is 29.5. The molecule has 2 saturated heterocycles. The second kappa shape index (κ2) is 13.4. The number of para-hydroxylation sites is 1. The first-order chi connectivity index (χ1) is 20.4. The van der Waals surface area contributed by atoms with Crippen LogP contribution in [-0.4, -0.2) is 75.5 Å². The standard InChI is InChI=1S/C33H40N6O3/c1-24-8-3-4-11-29(24)37-18-20-38(21-19-37)30-14-13-26(32(41)35-15-7-17-39-16-6-12-31(39)40)23-28(30)36-33(42)25-9-5-10-27(22-25)34-2/h3-5,8-11,13-14,22-23,34H,6-7,12,15-21H2,1-2H3,(H,35,41)(H,36,42). The summed E-state index contributed by atoms with van der Waals surface area (Å²) in [5.74, 6) is -0.247. The molecule has 2 aliphatic heterocycles. The van der Waals surface area contributed by atoms with E-state index in [2.05, 4.69) is 56.9 Å². The first kappa shape index (κ1) is 29.0. The molecule has 5 rings (SSSR count). The maximum absolute atomic E-state index is 13.3. The molecule has 2 aliphatic rings. The van der Waals surface area contributed by atoms with E-state index in [4.69, 9.17) is 0 Å². The Morgan fingerprint density at radius 1 is 0.810 bits per heavy atom. The Hall–Kier alpha value is -4.53. The number of nitrogens with one attached hydrogen (secondary N) is 3. The van der Waals surface area contributed by atoms with Crippen molar-refractivity contribution in [3.8, 4) is 0 Å². The van der Waals surface area contributed by atoms with Gasteiger partial charge >= 0.3 is 0 Å². The van der Waals surface area contributed by atoms with Gasteiger partial charge in [-0.3, -0.25) is 14.4 Å². The van der Waals surface area contributed by atoms with Gasteiger partial charge < -0.3 is 30.7 Å². The summed E-state index contributed by atoms with van der Waals surface area (Å²) < 4.78 is 0. The van der Waals surface area contributed by atoms with Crippen LogP contribution in [0.2, 0.25) is 0 Å². The highest BCUT2D eigenvalue weighted by Gasteiger charge is 2.23. The van der Waals surface area contributed by atoms with Crippen LogP contribution in [0.1, 0.15) is 45.5 Å². The summed E-state index contributed by atoms with van der Waals surface area (Å²) >= 11 is 0. The van der Waals surface area contributed by atoms with Gasteiger partial charge in [0.2, 0.25) is 5.91 Å². The molecule has 0 saturated carbocycles. The number of rotatable bonds is 10. The van der Waals surface area contributed by atoms with Crippen molar-refractivity contribution < 1.29 is 14.4 Å². The molecule has 0 unspecified atom stereocenters. The second-order valence-electron chi connectivity index (χ2n) is 10.9. The molecular weight excluding hydrogens is 528 g/mol. The number of hydrogen-bond acceptors (Lipinski definition) is 6. The Morgan fingerprint density at radius 2 is 1.55 bits per heavy atom.